The van der Waals surface area contributed by atoms with Gasteiger partial charge < -0.3 is 9.64 Å². The molecule has 3 saturated heterocycles. The van der Waals surface area contributed by atoms with Crippen LogP contribution in [0.5, 0.6) is 0 Å². The number of benzene rings is 1. The number of fused-ring (bicyclic) bond motifs is 2. The SMILES string of the molecule is c1ccc(-c2n[nH]c(C3CCCN(CCN4CC5CCC(C4)O5)C3)n2)cc1. The summed E-state index contributed by atoms with van der Waals surface area (Å²) in [4.78, 5) is 10.0. The maximum absolute atomic E-state index is 5.96. The molecule has 1 aromatic heterocycles. The van der Waals surface area contributed by atoms with Gasteiger partial charge in [0.2, 0.25) is 0 Å². The van der Waals surface area contributed by atoms with E-state index in [1.54, 1.807) is 0 Å². The number of nitrogens with one attached hydrogen (secondary N) is 1. The van der Waals surface area contributed by atoms with Crippen LogP contribution in [0.2, 0.25) is 0 Å². The lowest BCUT2D eigenvalue weighted by Gasteiger charge is -2.36. The van der Waals surface area contributed by atoms with Gasteiger partial charge in [0.05, 0.1) is 12.2 Å². The number of rotatable bonds is 5. The molecule has 3 aliphatic rings. The van der Waals surface area contributed by atoms with Gasteiger partial charge in [-0.25, -0.2) is 4.98 Å². The lowest BCUT2D eigenvalue weighted by molar-refractivity contribution is -0.0406. The van der Waals surface area contributed by atoms with Crippen LogP contribution in [0, 0.1) is 0 Å². The first-order valence-corrected chi connectivity index (χ1v) is 10.4. The number of ether oxygens (including phenoxy) is 1. The summed E-state index contributed by atoms with van der Waals surface area (Å²) in [5.41, 5.74) is 1.08. The molecule has 0 amide bonds. The number of nitrogens with zero attached hydrogens (tertiary/aromatic N) is 4. The highest BCUT2D eigenvalue weighted by molar-refractivity contribution is 5.53. The molecule has 3 unspecified atom stereocenters. The summed E-state index contributed by atoms with van der Waals surface area (Å²) in [7, 11) is 0. The van der Waals surface area contributed by atoms with Crippen molar-refractivity contribution in [1.29, 1.82) is 0 Å². The van der Waals surface area contributed by atoms with Crippen LogP contribution >= 0.6 is 0 Å². The number of likely N-dealkylation sites (tertiary alicyclic amines) is 2. The Morgan fingerprint density at radius 1 is 0.963 bits per heavy atom. The van der Waals surface area contributed by atoms with E-state index in [2.05, 4.69) is 32.1 Å². The molecule has 0 aliphatic carbocycles. The molecule has 3 aliphatic heterocycles. The maximum atomic E-state index is 5.96. The summed E-state index contributed by atoms with van der Waals surface area (Å²) < 4.78 is 5.96. The van der Waals surface area contributed by atoms with Crippen LogP contribution < -0.4 is 0 Å². The van der Waals surface area contributed by atoms with E-state index >= 15 is 0 Å². The summed E-state index contributed by atoms with van der Waals surface area (Å²) in [6, 6.07) is 10.2. The van der Waals surface area contributed by atoms with Crippen molar-refractivity contribution in [1.82, 2.24) is 25.0 Å². The summed E-state index contributed by atoms with van der Waals surface area (Å²) in [5.74, 6) is 2.32. The van der Waals surface area contributed by atoms with Gasteiger partial charge in [-0.05, 0) is 32.2 Å². The van der Waals surface area contributed by atoms with Crippen molar-refractivity contribution in [3.05, 3.63) is 36.2 Å². The Hall–Kier alpha value is -1.76. The quantitative estimate of drug-likeness (QED) is 0.880. The summed E-state index contributed by atoms with van der Waals surface area (Å²) >= 11 is 0. The smallest absolute Gasteiger partial charge is 0.181 e. The van der Waals surface area contributed by atoms with Gasteiger partial charge >= 0.3 is 0 Å². The van der Waals surface area contributed by atoms with Crippen LogP contribution in [0.4, 0.5) is 0 Å². The Kier molecular flexibility index (Phi) is 4.95. The Balaban J connectivity index is 1.17. The fraction of sp³-hybridized carbons (Fsp3) is 0.619. The molecule has 2 aromatic rings. The number of morpholine rings is 1. The molecule has 3 atom stereocenters. The zero-order chi connectivity index (χ0) is 18.1. The number of aromatic nitrogens is 3. The van der Waals surface area contributed by atoms with Crippen molar-refractivity contribution >= 4 is 0 Å². The molecule has 2 bridgehead atoms. The fourth-order valence-electron chi connectivity index (χ4n) is 4.82. The molecule has 3 fully saturated rings. The van der Waals surface area contributed by atoms with E-state index in [9.17, 15) is 0 Å². The average molecular weight is 367 g/mol. The van der Waals surface area contributed by atoms with Crippen LogP contribution in [-0.4, -0.2) is 76.5 Å². The standard InChI is InChI=1S/C21H29N5O/c1-2-5-16(6-3-1)20-22-21(24-23-20)17-7-4-10-25(13-17)11-12-26-14-18-8-9-19(15-26)27-18/h1-3,5-6,17-19H,4,7-15H2,(H,22,23,24). The van der Waals surface area contributed by atoms with Crippen LogP contribution in [0.1, 0.15) is 37.4 Å². The number of piperidine rings is 1. The molecule has 144 valence electrons. The van der Waals surface area contributed by atoms with Crippen molar-refractivity contribution in [2.75, 3.05) is 39.3 Å². The van der Waals surface area contributed by atoms with Gasteiger partial charge in [0.1, 0.15) is 5.82 Å². The first-order valence-electron chi connectivity index (χ1n) is 10.4. The summed E-state index contributed by atoms with van der Waals surface area (Å²) in [5, 5.41) is 7.66. The lowest BCUT2D eigenvalue weighted by Crippen LogP contribution is -2.47. The third kappa shape index (κ3) is 3.93. The molecule has 4 heterocycles. The van der Waals surface area contributed by atoms with Crippen LogP contribution in [-0.2, 0) is 4.74 Å². The molecule has 6 heteroatoms. The van der Waals surface area contributed by atoms with Crippen molar-refractivity contribution in [3.63, 3.8) is 0 Å². The van der Waals surface area contributed by atoms with E-state index in [4.69, 9.17) is 9.72 Å². The number of aromatic amines is 1. The fourth-order valence-corrected chi connectivity index (χ4v) is 4.82. The summed E-state index contributed by atoms with van der Waals surface area (Å²) in [6.07, 6.45) is 5.92. The largest absolute Gasteiger partial charge is 0.372 e. The Morgan fingerprint density at radius 2 is 1.74 bits per heavy atom. The van der Waals surface area contributed by atoms with E-state index in [0.717, 1.165) is 49.9 Å². The van der Waals surface area contributed by atoms with Gasteiger partial charge in [0, 0.05) is 44.2 Å². The van der Waals surface area contributed by atoms with Crippen molar-refractivity contribution in [2.24, 2.45) is 0 Å². The molecule has 5 rings (SSSR count). The third-order valence-electron chi connectivity index (χ3n) is 6.28. The van der Waals surface area contributed by atoms with Gasteiger partial charge in [-0.3, -0.25) is 10.00 Å². The highest BCUT2D eigenvalue weighted by atomic mass is 16.5. The van der Waals surface area contributed by atoms with E-state index in [-0.39, 0.29) is 0 Å². The van der Waals surface area contributed by atoms with Crippen LogP contribution in [0.15, 0.2) is 30.3 Å². The zero-order valence-corrected chi connectivity index (χ0v) is 15.9. The first kappa shape index (κ1) is 17.3. The minimum absolute atomic E-state index is 0.463. The van der Waals surface area contributed by atoms with E-state index in [1.165, 1.54) is 32.2 Å². The van der Waals surface area contributed by atoms with Crippen LogP contribution in [0.3, 0.4) is 0 Å². The average Bonchev–Trinajstić information content (AvgIpc) is 3.34. The van der Waals surface area contributed by atoms with Gasteiger partial charge in [0.25, 0.3) is 0 Å². The second-order valence-corrected chi connectivity index (χ2v) is 8.27. The molecular weight excluding hydrogens is 338 g/mol. The second kappa shape index (κ2) is 7.70. The van der Waals surface area contributed by atoms with E-state index in [0.29, 0.717) is 18.1 Å². The molecule has 6 nitrogen and oxygen atoms in total. The minimum Gasteiger partial charge on any atom is -0.372 e. The van der Waals surface area contributed by atoms with Crippen molar-refractivity contribution < 1.29 is 4.74 Å². The van der Waals surface area contributed by atoms with Crippen molar-refractivity contribution in [2.45, 2.75) is 43.8 Å². The molecule has 1 aromatic carbocycles. The van der Waals surface area contributed by atoms with E-state index in [1.807, 2.05) is 18.2 Å². The predicted molar refractivity (Wildman–Crippen MR) is 105 cm³/mol. The highest BCUT2D eigenvalue weighted by Gasteiger charge is 2.33. The van der Waals surface area contributed by atoms with Gasteiger partial charge in [-0.2, -0.15) is 5.10 Å². The van der Waals surface area contributed by atoms with Gasteiger partial charge in [-0.1, -0.05) is 30.3 Å². The van der Waals surface area contributed by atoms with Gasteiger partial charge in [-0.15, -0.1) is 0 Å². The monoisotopic (exact) mass is 367 g/mol. The number of H-pyrrole nitrogens is 1. The number of hydrogen-bond acceptors (Lipinski definition) is 5. The summed E-state index contributed by atoms with van der Waals surface area (Å²) in [6.45, 7) is 6.84. The molecule has 0 radical (unpaired) electrons. The third-order valence-corrected chi connectivity index (χ3v) is 6.28. The predicted octanol–water partition coefficient (Wildman–Crippen LogP) is 2.51. The highest BCUT2D eigenvalue weighted by Crippen LogP contribution is 2.28. The molecular formula is C21H29N5O. The van der Waals surface area contributed by atoms with Crippen molar-refractivity contribution in [3.8, 4) is 11.4 Å². The van der Waals surface area contributed by atoms with Gasteiger partial charge in [0.15, 0.2) is 5.82 Å². The molecule has 27 heavy (non-hydrogen) atoms. The normalized spacial score (nSPS) is 29.3. The molecule has 0 saturated carbocycles. The van der Waals surface area contributed by atoms with Crippen LogP contribution in [0.25, 0.3) is 11.4 Å². The first-order chi connectivity index (χ1) is 13.3. The molecule has 1 N–H and O–H groups in total. The minimum atomic E-state index is 0.463. The Labute approximate surface area is 160 Å². The number of hydrogen-bond donors (Lipinski definition) is 1. The lowest BCUT2D eigenvalue weighted by atomic mass is 9.97. The van der Waals surface area contributed by atoms with E-state index < -0.39 is 0 Å². The second-order valence-electron chi connectivity index (χ2n) is 8.27. The Morgan fingerprint density at radius 3 is 2.56 bits per heavy atom. The maximum Gasteiger partial charge on any atom is 0.181 e. The topological polar surface area (TPSA) is 57.3 Å². The molecule has 0 spiro atoms. The zero-order valence-electron chi connectivity index (χ0n) is 15.9. The Bertz CT molecular complexity index is 736.